The minimum atomic E-state index is -0.976. The average molecular weight is 644 g/mol. The van der Waals surface area contributed by atoms with E-state index in [9.17, 15) is 0 Å². The van der Waals surface area contributed by atoms with Crippen LogP contribution in [0.4, 0.5) is 0 Å². The number of rotatable bonds is 5. The summed E-state index contributed by atoms with van der Waals surface area (Å²) in [4.78, 5) is 0. The van der Waals surface area contributed by atoms with Crippen molar-refractivity contribution >= 4 is 30.7 Å². The Morgan fingerprint density at radius 3 is 2.24 bits per heavy atom. The first-order chi connectivity index (χ1) is 16.8. The summed E-state index contributed by atoms with van der Waals surface area (Å²) in [5.74, 6) is 0.635. The molecule has 2 unspecified atom stereocenters. The minimum Gasteiger partial charge on any atom is -1.00 e. The monoisotopic (exact) mass is 641 g/mol. The predicted molar refractivity (Wildman–Crippen MR) is 153 cm³/mol. The number of allylic oxidation sites excluding steroid dienone is 2. The zero-order valence-corrected chi connectivity index (χ0v) is 28.6. The van der Waals surface area contributed by atoms with Gasteiger partial charge in [0.2, 0.25) is 0 Å². The van der Waals surface area contributed by atoms with Gasteiger partial charge in [-0.05, 0) is 28.8 Å². The molecule has 0 saturated heterocycles. The number of fused-ring (bicyclic) bond motifs is 1. The first kappa shape index (κ1) is 30.8. The smallest absolute Gasteiger partial charge is 1.00 e. The van der Waals surface area contributed by atoms with Crippen LogP contribution in [0.2, 0.25) is 13.1 Å². The molecule has 2 atom stereocenters. The summed E-state index contributed by atoms with van der Waals surface area (Å²) in [6.07, 6.45) is 6.19. The summed E-state index contributed by atoms with van der Waals surface area (Å²) >= 11 is 3.47. The third-order valence-corrected chi connectivity index (χ3v) is 14.8. The van der Waals surface area contributed by atoms with E-state index in [2.05, 4.69) is 100 Å². The first-order valence-electron chi connectivity index (χ1n) is 13.2. The Labute approximate surface area is 256 Å². The van der Waals surface area contributed by atoms with Gasteiger partial charge in [0, 0.05) is 5.54 Å². The fourth-order valence-corrected chi connectivity index (χ4v) is 13.7. The fourth-order valence-electron chi connectivity index (χ4n) is 6.58. The zero-order valence-electron chi connectivity index (χ0n) is 22.8. The molecular formula is C32H37Cl2SSiZr. The standard InChI is InChI=1S/C22H25.C10H12SSi.2ClH.Zr/c1-4-5-7-17-10-12-18(13-11-17)21-9-6-8-19-14-20(16(2)3)15-22(19)21;1-6-9-7-4-11-5-8(7)10(6)12(9,2)3;;;/h6,8-16H,4-5,7H2,1-3H3;4-5,9H,1-3H3;2*1H;/q;;;;+2/p-2. The van der Waals surface area contributed by atoms with Gasteiger partial charge in [-0.1, -0.05) is 23.9 Å². The van der Waals surface area contributed by atoms with E-state index in [0.717, 1.165) is 5.54 Å². The van der Waals surface area contributed by atoms with Gasteiger partial charge in [-0.3, -0.25) is 0 Å². The van der Waals surface area contributed by atoms with Crippen LogP contribution in [0.15, 0.2) is 64.4 Å². The van der Waals surface area contributed by atoms with Crippen LogP contribution in [-0.4, -0.2) is 8.07 Å². The molecule has 4 aliphatic rings. The van der Waals surface area contributed by atoms with Gasteiger partial charge < -0.3 is 24.8 Å². The Morgan fingerprint density at radius 2 is 1.65 bits per heavy atom. The van der Waals surface area contributed by atoms with Gasteiger partial charge in [0.25, 0.3) is 0 Å². The molecule has 0 fully saturated rings. The van der Waals surface area contributed by atoms with Crippen LogP contribution < -0.4 is 24.8 Å². The van der Waals surface area contributed by atoms with E-state index < -0.39 is 8.07 Å². The van der Waals surface area contributed by atoms with Gasteiger partial charge in [-0.25, -0.2) is 0 Å². The largest absolute Gasteiger partial charge is 1.00 e. The normalized spacial score (nSPS) is 19.6. The first-order valence-corrected chi connectivity index (χ1v) is 18.6. The third kappa shape index (κ3) is 5.38. The SMILES string of the molecule is CC1=C2c3cscc3C1[Si]2(C)C.CCCCc1ccc(-c2cccc3c2C=C(C(C)C)[CH]3[Zr+2])cc1.[Cl-].[Cl-]. The van der Waals surface area contributed by atoms with Gasteiger partial charge in [0.1, 0.15) is 0 Å². The van der Waals surface area contributed by atoms with Gasteiger partial charge >= 0.3 is 156 Å². The summed E-state index contributed by atoms with van der Waals surface area (Å²) in [5.41, 5.74) is 14.6. The Morgan fingerprint density at radius 1 is 0.946 bits per heavy atom. The molecule has 0 spiro atoms. The Kier molecular flexibility index (Phi) is 10.2. The maximum absolute atomic E-state index is 2.50. The molecule has 1 aromatic heterocycles. The number of halogens is 2. The molecule has 3 aromatic rings. The van der Waals surface area contributed by atoms with E-state index in [1.807, 2.05) is 11.3 Å². The minimum absolute atomic E-state index is 0. The van der Waals surface area contributed by atoms with E-state index in [0.29, 0.717) is 9.54 Å². The molecule has 7 rings (SSSR count). The number of hydrogen-bond acceptors (Lipinski definition) is 1. The van der Waals surface area contributed by atoms with E-state index in [4.69, 9.17) is 0 Å². The van der Waals surface area contributed by atoms with E-state index >= 15 is 0 Å². The molecule has 2 aliphatic heterocycles. The van der Waals surface area contributed by atoms with Crippen molar-refractivity contribution in [3.8, 4) is 11.1 Å². The van der Waals surface area contributed by atoms with Crippen molar-refractivity contribution in [3.05, 3.63) is 92.2 Å². The quantitative estimate of drug-likeness (QED) is 0.372. The number of thiophene rings is 1. The van der Waals surface area contributed by atoms with E-state index in [1.165, 1.54) is 47.1 Å². The van der Waals surface area contributed by atoms with Gasteiger partial charge in [0.15, 0.2) is 0 Å². The van der Waals surface area contributed by atoms with Crippen LogP contribution in [0, 0.1) is 5.92 Å². The molecular weight excluding hydrogens is 607 g/mol. The van der Waals surface area contributed by atoms with Gasteiger partial charge in [-0.2, -0.15) is 11.3 Å². The molecule has 0 saturated carbocycles. The molecule has 37 heavy (non-hydrogen) atoms. The molecule has 5 heteroatoms. The summed E-state index contributed by atoms with van der Waals surface area (Å²) in [7, 11) is -0.976. The van der Waals surface area contributed by atoms with Crippen LogP contribution in [0.3, 0.4) is 0 Å². The topological polar surface area (TPSA) is 0 Å². The Bertz CT molecular complexity index is 1320. The van der Waals surface area contributed by atoms with Crippen molar-refractivity contribution in [2.75, 3.05) is 0 Å². The Balaban J connectivity index is 0.000000229. The van der Waals surface area contributed by atoms with Gasteiger partial charge in [-0.15, -0.1) is 0 Å². The third-order valence-electron chi connectivity index (χ3n) is 8.31. The fraction of sp³-hybridized carbons (Fsp3) is 0.375. The molecule has 2 aromatic carbocycles. The maximum atomic E-state index is 2.50. The predicted octanol–water partition coefficient (Wildman–Crippen LogP) is 3.76. The zero-order chi connectivity index (χ0) is 24.9. The van der Waals surface area contributed by atoms with Crippen LogP contribution >= 0.6 is 11.3 Å². The number of unbranched alkanes of at least 4 members (excludes halogenated alkanes) is 1. The molecule has 3 heterocycles. The second kappa shape index (κ2) is 12.2. The molecule has 2 aliphatic carbocycles. The van der Waals surface area contributed by atoms with Crippen molar-refractivity contribution < 1.29 is 49.5 Å². The number of benzene rings is 2. The van der Waals surface area contributed by atoms with Crippen molar-refractivity contribution in [2.24, 2.45) is 5.92 Å². The molecule has 2 bridgehead atoms. The summed E-state index contributed by atoms with van der Waals surface area (Å²) < 4.78 is 0.640. The van der Waals surface area contributed by atoms with Crippen molar-refractivity contribution in [1.29, 1.82) is 0 Å². The molecule has 0 amide bonds. The van der Waals surface area contributed by atoms with Crippen LogP contribution in [0.25, 0.3) is 22.4 Å². The van der Waals surface area contributed by atoms with Gasteiger partial charge in [0.05, 0.1) is 8.07 Å². The summed E-state index contributed by atoms with van der Waals surface area (Å²) in [6.45, 7) is 14.2. The van der Waals surface area contributed by atoms with Crippen molar-refractivity contribution in [1.82, 2.24) is 0 Å². The van der Waals surface area contributed by atoms with Crippen LogP contribution in [-0.2, 0) is 31.1 Å². The average Bonchev–Trinajstić information content (AvgIpc) is 3.54. The second-order valence-corrected chi connectivity index (χ2v) is 18.0. The summed E-state index contributed by atoms with van der Waals surface area (Å²) in [5, 5.41) is 6.47. The van der Waals surface area contributed by atoms with E-state index in [-0.39, 0.29) is 24.8 Å². The van der Waals surface area contributed by atoms with Crippen molar-refractivity contribution in [3.63, 3.8) is 0 Å². The Hall–Kier alpha value is -0.700. The summed E-state index contributed by atoms with van der Waals surface area (Å²) in [6, 6.07) is 16.1. The number of hydrogen-bond donors (Lipinski definition) is 0. The molecule has 0 N–H and O–H groups in total. The second-order valence-electron chi connectivity index (χ2n) is 11.3. The van der Waals surface area contributed by atoms with Crippen molar-refractivity contribution in [2.45, 2.75) is 69.2 Å². The molecule has 0 nitrogen and oxygen atoms in total. The van der Waals surface area contributed by atoms with Crippen LogP contribution in [0.1, 0.15) is 77.5 Å². The van der Waals surface area contributed by atoms with Crippen LogP contribution in [0.5, 0.6) is 0 Å². The molecule has 193 valence electrons. The molecule has 0 radical (unpaired) electrons. The maximum Gasteiger partial charge on any atom is -1.00 e. The van der Waals surface area contributed by atoms with E-state index in [1.54, 1.807) is 52.2 Å². The number of aryl methyl sites for hydroxylation is 1.